The van der Waals surface area contributed by atoms with E-state index in [2.05, 4.69) is 12.2 Å². The van der Waals surface area contributed by atoms with Gasteiger partial charge in [0, 0.05) is 12.6 Å². The highest BCUT2D eigenvalue weighted by Crippen LogP contribution is 2.30. The molecule has 5 nitrogen and oxygen atoms in total. The molecule has 2 aromatic rings. The molecule has 0 radical (unpaired) electrons. The molecule has 0 amide bonds. The van der Waals surface area contributed by atoms with Crippen LogP contribution < -0.4 is 14.8 Å². The van der Waals surface area contributed by atoms with Gasteiger partial charge in [-0.05, 0) is 43.2 Å². The van der Waals surface area contributed by atoms with Crippen LogP contribution in [0.5, 0.6) is 17.2 Å². The molecule has 5 heteroatoms. The Hall–Kier alpha value is -2.24. The van der Waals surface area contributed by atoms with Crippen molar-refractivity contribution in [2.45, 2.75) is 25.0 Å². The number of hydrogen-bond acceptors (Lipinski definition) is 5. The molecule has 2 aromatic carbocycles. The summed E-state index contributed by atoms with van der Waals surface area (Å²) in [6.45, 7) is 2.80. The maximum atomic E-state index is 10.7. The molecule has 0 aliphatic carbocycles. The first-order chi connectivity index (χ1) is 11.5. The van der Waals surface area contributed by atoms with Gasteiger partial charge in [-0.2, -0.15) is 0 Å². The fourth-order valence-corrected chi connectivity index (χ4v) is 2.68. The second-order valence-corrected chi connectivity index (χ2v) is 6.40. The summed E-state index contributed by atoms with van der Waals surface area (Å²) in [7, 11) is 0. The molecule has 0 unspecified atom stereocenters. The summed E-state index contributed by atoms with van der Waals surface area (Å²) in [6.07, 6.45) is 0.804. The van der Waals surface area contributed by atoms with Crippen LogP contribution in [0, 0.1) is 0 Å². The van der Waals surface area contributed by atoms with Gasteiger partial charge in [0.05, 0.1) is 0 Å². The van der Waals surface area contributed by atoms with Gasteiger partial charge in [-0.1, -0.05) is 24.3 Å². The van der Waals surface area contributed by atoms with E-state index in [9.17, 15) is 10.2 Å². The summed E-state index contributed by atoms with van der Waals surface area (Å²) in [5.74, 6) is 1.58. The Bertz CT molecular complexity index is 644. The summed E-state index contributed by atoms with van der Waals surface area (Å²) in [5, 5.41) is 23.4. The number of ether oxygens (including phenoxy) is 2. The second kappa shape index (κ2) is 7.11. The van der Waals surface area contributed by atoms with Gasteiger partial charge in [0.2, 0.25) is 0 Å². The molecular weight excluding hydrogens is 306 g/mol. The minimum Gasteiger partial charge on any atom is -0.508 e. The predicted molar refractivity (Wildman–Crippen MR) is 91.7 cm³/mol. The largest absolute Gasteiger partial charge is 0.508 e. The van der Waals surface area contributed by atoms with E-state index in [1.807, 2.05) is 36.4 Å². The first-order valence-electron chi connectivity index (χ1n) is 8.12. The van der Waals surface area contributed by atoms with Gasteiger partial charge in [0.25, 0.3) is 0 Å². The molecule has 128 valence electrons. The van der Waals surface area contributed by atoms with Crippen molar-refractivity contribution in [1.29, 1.82) is 0 Å². The third-order valence-corrected chi connectivity index (χ3v) is 4.10. The molecule has 0 bridgehead atoms. The van der Waals surface area contributed by atoms with Crippen molar-refractivity contribution < 1.29 is 19.7 Å². The standard InChI is InChI=1S/C19H23NO4/c1-14(10-15-6-8-16(21)9-7-15)20-11-19(22)12-23-17-4-2-3-5-18(17)24-13-19/h2-9,14,20-22H,10-13H2,1H3/t14-/m0/s1. The van der Waals surface area contributed by atoms with Crippen LogP contribution in [-0.2, 0) is 6.42 Å². The van der Waals surface area contributed by atoms with E-state index in [4.69, 9.17) is 9.47 Å². The highest BCUT2D eigenvalue weighted by atomic mass is 16.6. The molecule has 0 fully saturated rings. The molecule has 0 saturated heterocycles. The number of fused-ring (bicyclic) bond motifs is 1. The molecule has 0 aromatic heterocycles. The predicted octanol–water partition coefficient (Wildman–Crippen LogP) is 2.12. The molecule has 1 atom stereocenters. The lowest BCUT2D eigenvalue weighted by atomic mass is 10.0. The van der Waals surface area contributed by atoms with Crippen LogP contribution in [0.1, 0.15) is 12.5 Å². The van der Waals surface area contributed by atoms with E-state index < -0.39 is 5.60 Å². The van der Waals surface area contributed by atoms with Crippen LogP contribution in [0.4, 0.5) is 0 Å². The summed E-state index contributed by atoms with van der Waals surface area (Å²) in [5.41, 5.74) is 0.0444. The second-order valence-electron chi connectivity index (χ2n) is 6.40. The van der Waals surface area contributed by atoms with Crippen molar-refractivity contribution in [3.05, 3.63) is 54.1 Å². The highest BCUT2D eigenvalue weighted by molar-refractivity contribution is 5.40. The number of aliphatic hydroxyl groups is 1. The third kappa shape index (κ3) is 4.19. The molecule has 3 N–H and O–H groups in total. The Balaban J connectivity index is 1.53. The van der Waals surface area contributed by atoms with Crippen molar-refractivity contribution in [2.75, 3.05) is 19.8 Å². The fourth-order valence-electron chi connectivity index (χ4n) is 2.68. The number of nitrogens with one attached hydrogen (secondary N) is 1. The molecule has 0 spiro atoms. The molecule has 1 aliphatic rings. The lowest BCUT2D eigenvalue weighted by Crippen LogP contribution is -2.51. The zero-order chi connectivity index (χ0) is 17.0. The summed E-state index contributed by atoms with van der Waals surface area (Å²) in [6, 6.07) is 14.8. The van der Waals surface area contributed by atoms with Crippen molar-refractivity contribution in [2.24, 2.45) is 0 Å². The Morgan fingerprint density at radius 3 is 2.21 bits per heavy atom. The van der Waals surface area contributed by atoms with E-state index in [0.717, 1.165) is 12.0 Å². The molecule has 24 heavy (non-hydrogen) atoms. The normalized spacial score (nSPS) is 17.1. The minimum atomic E-state index is -1.08. The van der Waals surface area contributed by atoms with E-state index in [-0.39, 0.29) is 25.0 Å². The first kappa shape index (κ1) is 16.6. The molecule has 0 saturated carbocycles. The van der Waals surface area contributed by atoms with Crippen molar-refractivity contribution in [3.63, 3.8) is 0 Å². The number of benzene rings is 2. The van der Waals surface area contributed by atoms with E-state index in [1.54, 1.807) is 12.1 Å². The smallest absolute Gasteiger partial charge is 0.161 e. The van der Waals surface area contributed by atoms with Crippen LogP contribution in [0.15, 0.2) is 48.5 Å². The molecule has 1 heterocycles. The number of para-hydroxylation sites is 2. The summed E-state index contributed by atoms with van der Waals surface area (Å²) >= 11 is 0. The quantitative estimate of drug-likeness (QED) is 0.784. The van der Waals surface area contributed by atoms with Crippen LogP contribution in [0.2, 0.25) is 0 Å². The average molecular weight is 329 g/mol. The monoisotopic (exact) mass is 329 g/mol. The number of phenolic OH excluding ortho intramolecular Hbond substituents is 1. The summed E-state index contributed by atoms with van der Waals surface area (Å²) < 4.78 is 11.4. The van der Waals surface area contributed by atoms with Crippen molar-refractivity contribution >= 4 is 0 Å². The Morgan fingerprint density at radius 2 is 1.62 bits per heavy atom. The number of rotatable bonds is 5. The lowest BCUT2D eigenvalue weighted by molar-refractivity contribution is -0.0280. The van der Waals surface area contributed by atoms with Gasteiger partial charge in [-0.15, -0.1) is 0 Å². The van der Waals surface area contributed by atoms with Crippen molar-refractivity contribution in [1.82, 2.24) is 5.32 Å². The fraction of sp³-hybridized carbons (Fsp3) is 0.368. The molecule has 1 aliphatic heterocycles. The SMILES string of the molecule is C[C@@H](Cc1ccc(O)cc1)NCC1(O)COc2ccccc2OC1. The molecule has 3 rings (SSSR count). The van der Waals surface area contributed by atoms with Crippen LogP contribution in [0.25, 0.3) is 0 Å². The van der Waals surface area contributed by atoms with Gasteiger partial charge in [-0.25, -0.2) is 0 Å². The number of aromatic hydroxyl groups is 1. The van der Waals surface area contributed by atoms with E-state index >= 15 is 0 Å². The van der Waals surface area contributed by atoms with Gasteiger partial charge in [-0.3, -0.25) is 0 Å². The number of hydrogen-bond donors (Lipinski definition) is 3. The first-order valence-corrected chi connectivity index (χ1v) is 8.12. The van der Waals surface area contributed by atoms with Gasteiger partial charge >= 0.3 is 0 Å². The van der Waals surface area contributed by atoms with E-state index in [1.165, 1.54) is 0 Å². The summed E-state index contributed by atoms with van der Waals surface area (Å²) in [4.78, 5) is 0. The van der Waals surface area contributed by atoms with Crippen molar-refractivity contribution in [3.8, 4) is 17.2 Å². The Morgan fingerprint density at radius 1 is 1.04 bits per heavy atom. The Kier molecular flexibility index (Phi) is 4.92. The highest BCUT2D eigenvalue weighted by Gasteiger charge is 2.32. The maximum Gasteiger partial charge on any atom is 0.161 e. The average Bonchev–Trinajstić information content (AvgIpc) is 2.76. The minimum absolute atomic E-state index is 0.171. The maximum absolute atomic E-state index is 10.7. The molecular formula is C19H23NO4. The zero-order valence-corrected chi connectivity index (χ0v) is 13.7. The topological polar surface area (TPSA) is 71.0 Å². The van der Waals surface area contributed by atoms with Gasteiger partial charge in [0.15, 0.2) is 11.5 Å². The van der Waals surface area contributed by atoms with Gasteiger partial charge in [0.1, 0.15) is 24.6 Å². The lowest BCUT2D eigenvalue weighted by Gasteiger charge is -2.27. The Labute approximate surface area is 141 Å². The van der Waals surface area contributed by atoms with Crippen LogP contribution in [0.3, 0.4) is 0 Å². The zero-order valence-electron chi connectivity index (χ0n) is 13.7. The van der Waals surface area contributed by atoms with Crippen LogP contribution in [-0.4, -0.2) is 41.6 Å². The third-order valence-electron chi connectivity index (χ3n) is 4.10. The number of phenols is 1. The van der Waals surface area contributed by atoms with E-state index in [0.29, 0.717) is 18.0 Å². The van der Waals surface area contributed by atoms with Gasteiger partial charge < -0.3 is 25.0 Å². The van der Waals surface area contributed by atoms with Crippen LogP contribution >= 0.6 is 0 Å².